The number of nitrogen functional groups attached to an aromatic ring is 1. The summed E-state index contributed by atoms with van der Waals surface area (Å²) in [5, 5.41) is 0. The largest absolute Gasteiger partial charge is 0.402 e. The van der Waals surface area contributed by atoms with Crippen LogP contribution in [0.2, 0.25) is 0 Å². The topological polar surface area (TPSA) is 52.0 Å². The summed E-state index contributed by atoms with van der Waals surface area (Å²) in [6.07, 6.45) is -8.59. The second-order valence-electron chi connectivity index (χ2n) is 5.01. The molecular weight excluding hydrogens is 310 g/mol. The maximum absolute atomic E-state index is 13.6. The normalized spacial score (nSPS) is 25.9. The molecule has 22 heavy (non-hydrogen) atoms. The molecule has 1 aliphatic carbocycles. The predicted molar refractivity (Wildman–Crippen MR) is 69.5 cm³/mol. The minimum Gasteiger partial charge on any atom is -0.399 e. The molecule has 120 valence electrons. The summed E-state index contributed by atoms with van der Waals surface area (Å²) in [6.45, 7) is 0. The Kier molecular flexibility index (Phi) is 3.67. The van der Waals surface area contributed by atoms with Crippen LogP contribution < -0.4 is 11.5 Å². The van der Waals surface area contributed by atoms with Crippen molar-refractivity contribution in [2.45, 2.75) is 17.8 Å². The highest BCUT2D eigenvalue weighted by atomic mass is 19.4. The fraction of sp³-hybridized carbons (Fsp3) is 0.286. The van der Waals surface area contributed by atoms with Crippen LogP contribution in [0.15, 0.2) is 48.2 Å². The lowest BCUT2D eigenvalue weighted by Crippen LogP contribution is -2.52. The van der Waals surface area contributed by atoms with Crippen LogP contribution in [-0.2, 0) is 5.41 Å². The van der Waals surface area contributed by atoms with Gasteiger partial charge in [-0.2, -0.15) is 26.3 Å². The van der Waals surface area contributed by atoms with Crippen molar-refractivity contribution >= 4 is 5.69 Å². The van der Waals surface area contributed by atoms with Gasteiger partial charge in [-0.25, -0.2) is 0 Å². The van der Waals surface area contributed by atoms with Crippen molar-refractivity contribution in [1.82, 2.24) is 0 Å². The molecule has 0 aromatic heterocycles. The molecule has 0 spiro atoms. The van der Waals surface area contributed by atoms with E-state index in [1.807, 2.05) is 0 Å². The van der Waals surface area contributed by atoms with Crippen LogP contribution in [0, 0.1) is 5.92 Å². The highest BCUT2D eigenvalue weighted by Crippen LogP contribution is 2.55. The molecule has 0 heterocycles. The zero-order valence-corrected chi connectivity index (χ0v) is 11.0. The van der Waals surface area contributed by atoms with Gasteiger partial charge in [0, 0.05) is 11.4 Å². The first-order chi connectivity index (χ1) is 9.98. The van der Waals surface area contributed by atoms with Crippen molar-refractivity contribution in [3.63, 3.8) is 0 Å². The minimum absolute atomic E-state index is 0.152. The van der Waals surface area contributed by atoms with Gasteiger partial charge in [-0.15, -0.1) is 0 Å². The van der Waals surface area contributed by atoms with Crippen LogP contribution in [0.5, 0.6) is 0 Å². The summed E-state index contributed by atoms with van der Waals surface area (Å²) >= 11 is 0. The first-order valence-corrected chi connectivity index (χ1v) is 6.14. The number of benzene rings is 1. The van der Waals surface area contributed by atoms with Gasteiger partial charge in [-0.3, -0.25) is 0 Å². The standard InChI is InChI=1S/C14H12F6N2/c15-13(16,17)11-7-10(22)5-6-12(11,14(18,19)20)8-1-3-9(21)4-2-8/h1-7,11H,21-22H2. The molecule has 0 bridgehead atoms. The van der Waals surface area contributed by atoms with Crippen LogP contribution in [0.25, 0.3) is 0 Å². The summed E-state index contributed by atoms with van der Waals surface area (Å²) < 4.78 is 80.7. The maximum atomic E-state index is 13.6. The Morgan fingerprint density at radius 2 is 1.45 bits per heavy atom. The molecule has 1 aromatic carbocycles. The molecule has 0 fully saturated rings. The Morgan fingerprint density at radius 3 is 1.91 bits per heavy atom. The van der Waals surface area contributed by atoms with Gasteiger partial charge in [-0.05, 0) is 29.8 Å². The molecule has 0 radical (unpaired) electrons. The van der Waals surface area contributed by atoms with Crippen molar-refractivity contribution < 1.29 is 26.3 Å². The summed E-state index contributed by atoms with van der Waals surface area (Å²) in [5.74, 6) is -2.81. The molecular formula is C14H12F6N2. The number of hydrogen-bond donors (Lipinski definition) is 2. The van der Waals surface area contributed by atoms with E-state index in [1.54, 1.807) is 0 Å². The third kappa shape index (κ3) is 2.53. The van der Waals surface area contributed by atoms with E-state index in [2.05, 4.69) is 0 Å². The van der Waals surface area contributed by atoms with Gasteiger partial charge in [0.15, 0.2) is 0 Å². The summed E-state index contributed by atoms with van der Waals surface area (Å²) in [6, 6.07) is 4.15. The second-order valence-corrected chi connectivity index (χ2v) is 5.01. The number of allylic oxidation sites excluding steroid dienone is 3. The molecule has 2 rings (SSSR count). The van der Waals surface area contributed by atoms with Crippen molar-refractivity contribution in [2.24, 2.45) is 11.7 Å². The maximum Gasteiger partial charge on any atom is 0.402 e. The zero-order valence-electron chi connectivity index (χ0n) is 11.0. The van der Waals surface area contributed by atoms with Gasteiger partial charge >= 0.3 is 12.4 Å². The third-order valence-electron chi connectivity index (χ3n) is 3.60. The average Bonchev–Trinajstić information content (AvgIpc) is 2.37. The van der Waals surface area contributed by atoms with Crippen molar-refractivity contribution in [1.29, 1.82) is 0 Å². The third-order valence-corrected chi connectivity index (χ3v) is 3.60. The van der Waals surface area contributed by atoms with E-state index in [-0.39, 0.29) is 11.4 Å². The van der Waals surface area contributed by atoms with E-state index in [0.29, 0.717) is 12.2 Å². The van der Waals surface area contributed by atoms with E-state index >= 15 is 0 Å². The first kappa shape index (κ1) is 16.3. The second kappa shape index (κ2) is 4.96. The number of rotatable bonds is 1. The molecule has 8 heteroatoms. The molecule has 0 amide bonds. The minimum atomic E-state index is -5.17. The Morgan fingerprint density at radius 1 is 0.909 bits per heavy atom. The van der Waals surface area contributed by atoms with Gasteiger partial charge in [0.25, 0.3) is 0 Å². The fourth-order valence-electron chi connectivity index (χ4n) is 2.53. The lowest BCUT2D eigenvalue weighted by Gasteiger charge is -2.41. The van der Waals surface area contributed by atoms with Gasteiger partial charge in [0.05, 0.1) is 5.92 Å². The smallest absolute Gasteiger partial charge is 0.399 e. The SMILES string of the molecule is NC1=CC(C(F)(F)F)C(c2ccc(N)cc2)(C(F)(F)F)C=C1. The van der Waals surface area contributed by atoms with Crippen LogP contribution >= 0.6 is 0 Å². The van der Waals surface area contributed by atoms with E-state index in [9.17, 15) is 26.3 Å². The summed E-state index contributed by atoms with van der Waals surface area (Å²) in [4.78, 5) is 0. The molecule has 0 saturated carbocycles. The Labute approximate surface area is 122 Å². The van der Waals surface area contributed by atoms with E-state index < -0.39 is 29.2 Å². The number of nitrogens with two attached hydrogens (primary N) is 2. The van der Waals surface area contributed by atoms with E-state index in [4.69, 9.17) is 11.5 Å². The van der Waals surface area contributed by atoms with Gasteiger partial charge in [-0.1, -0.05) is 18.2 Å². The molecule has 4 N–H and O–H groups in total. The highest BCUT2D eigenvalue weighted by Gasteiger charge is 2.66. The number of hydrogen-bond acceptors (Lipinski definition) is 2. The fourth-order valence-corrected chi connectivity index (χ4v) is 2.53. The lowest BCUT2D eigenvalue weighted by molar-refractivity contribution is -0.244. The number of halogens is 6. The van der Waals surface area contributed by atoms with Crippen LogP contribution in [0.3, 0.4) is 0 Å². The summed E-state index contributed by atoms with van der Waals surface area (Å²) in [7, 11) is 0. The first-order valence-electron chi connectivity index (χ1n) is 6.14. The van der Waals surface area contributed by atoms with Gasteiger partial charge in [0.1, 0.15) is 5.41 Å². The van der Waals surface area contributed by atoms with E-state index in [0.717, 1.165) is 30.3 Å². The van der Waals surface area contributed by atoms with Crippen molar-refractivity contribution in [2.75, 3.05) is 5.73 Å². The Bertz CT molecular complexity index is 612. The molecule has 1 aliphatic rings. The average molecular weight is 322 g/mol. The molecule has 2 nitrogen and oxygen atoms in total. The van der Waals surface area contributed by atoms with Crippen molar-refractivity contribution in [3.05, 3.63) is 53.8 Å². The monoisotopic (exact) mass is 322 g/mol. The van der Waals surface area contributed by atoms with E-state index in [1.165, 1.54) is 0 Å². The van der Waals surface area contributed by atoms with Gasteiger partial charge < -0.3 is 11.5 Å². The molecule has 1 aromatic rings. The number of anilines is 1. The molecule has 0 aliphatic heterocycles. The molecule has 2 atom stereocenters. The lowest BCUT2D eigenvalue weighted by atomic mass is 9.66. The number of alkyl halides is 6. The van der Waals surface area contributed by atoms with Crippen LogP contribution in [0.4, 0.5) is 32.0 Å². The van der Waals surface area contributed by atoms with Gasteiger partial charge in [0.2, 0.25) is 0 Å². The quantitative estimate of drug-likeness (QED) is 0.612. The van der Waals surface area contributed by atoms with Crippen molar-refractivity contribution in [3.8, 4) is 0 Å². The molecule has 2 unspecified atom stereocenters. The van der Waals surface area contributed by atoms with Crippen LogP contribution in [0.1, 0.15) is 5.56 Å². The Balaban J connectivity index is 2.74. The Hall–Kier alpha value is -2.12. The van der Waals surface area contributed by atoms with Crippen LogP contribution in [-0.4, -0.2) is 12.4 Å². The molecule has 0 saturated heterocycles. The highest BCUT2D eigenvalue weighted by molar-refractivity contribution is 5.47. The predicted octanol–water partition coefficient (Wildman–Crippen LogP) is 3.66. The summed E-state index contributed by atoms with van der Waals surface area (Å²) in [5.41, 5.74) is 6.68. The zero-order chi connectivity index (χ0) is 16.8.